The molecule has 0 radical (unpaired) electrons. The molecule has 5 saturated heterocycles. The van der Waals surface area contributed by atoms with Gasteiger partial charge in [0.2, 0.25) is 0 Å². The summed E-state index contributed by atoms with van der Waals surface area (Å²) < 4.78 is 31.9. The lowest BCUT2D eigenvalue weighted by atomic mass is 9.87. The first-order chi connectivity index (χ1) is 16.6. The third kappa shape index (κ3) is 6.09. The molecule has 4 nitrogen and oxygen atoms in total. The van der Waals surface area contributed by atoms with Crippen molar-refractivity contribution in [2.45, 2.75) is 140 Å². The molecule has 0 unspecified atom stereocenters. The molecule has 4 heteroatoms. The van der Waals surface area contributed by atoms with E-state index in [9.17, 15) is 2.74 Å². The van der Waals surface area contributed by atoms with Crippen molar-refractivity contribution in [3.05, 3.63) is 0 Å². The molecule has 6 atom stereocenters. The monoisotopic (exact) mass is 448 g/mol. The molecular weight excluding hydrogens is 396 g/mol. The van der Waals surface area contributed by atoms with Crippen LogP contribution < -0.4 is 0 Å². The van der Waals surface area contributed by atoms with Gasteiger partial charge in [-0.05, 0) is 76.0 Å². The summed E-state index contributed by atoms with van der Waals surface area (Å²) >= 11 is 0. The summed E-state index contributed by atoms with van der Waals surface area (Å²) in [4.78, 5) is 4.97. The molecule has 0 N–H and O–H groups in total. The number of hydrogen-bond donors (Lipinski definition) is 0. The molecule has 0 amide bonds. The zero-order chi connectivity index (χ0) is 23.4. The Morgan fingerprint density at radius 1 is 0.438 bits per heavy atom. The van der Waals surface area contributed by atoms with Gasteiger partial charge in [-0.1, -0.05) is 51.4 Å². The van der Waals surface area contributed by atoms with Crippen molar-refractivity contribution in [1.82, 2.24) is 9.80 Å². The molecule has 184 valence electrons. The highest BCUT2D eigenvalue weighted by Crippen LogP contribution is 2.36. The molecule has 0 aromatic carbocycles. The van der Waals surface area contributed by atoms with Crippen LogP contribution in [-0.2, 0) is 9.47 Å². The SMILES string of the molecule is [2H][C@@]12CCCCCC[C@H]3CCN4CCC[C@@]([2H])(CCCCCC[C@H]5CCN(CCC1)[C@@H]2O5)[C@H]4O3. The van der Waals surface area contributed by atoms with Crippen LogP contribution in [-0.4, -0.2) is 60.6 Å². The zero-order valence-electron chi connectivity index (χ0n) is 22.6. The average Bonchev–Trinajstić information content (AvgIpc) is 2.84. The molecule has 5 aliphatic heterocycles. The van der Waals surface area contributed by atoms with E-state index in [-0.39, 0.29) is 12.5 Å². The van der Waals surface area contributed by atoms with Crippen LogP contribution in [0, 0.1) is 11.8 Å². The highest BCUT2D eigenvalue weighted by atomic mass is 16.5. The Labute approximate surface area is 200 Å². The number of ether oxygens (including phenoxy) is 2. The molecule has 32 heavy (non-hydrogen) atoms. The van der Waals surface area contributed by atoms with Crippen molar-refractivity contribution >= 4 is 0 Å². The predicted octanol–water partition coefficient (Wildman–Crippen LogP) is 6.34. The normalized spacial score (nSPS) is 47.1. The van der Waals surface area contributed by atoms with Crippen molar-refractivity contribution in [1.29, 1.82) is 0 Å². The van der Waals surface area contributed by atoms with Gasteiger partial charge >= 0.3 is 0 Å². The van der Waals surface area contributed by atoms with E-state index in [0.717, 1.165) is 103 Å². The van der Waals surface area contributed by atoms with E-state index < -0.39 is 11.8 Å². The predicted molar refractivity (Wildman–Crippen MR) is 131 cm³/mol. The van der Waals surface area contributed by atoms with Crippen LogP contribution in [0.3, 0.4) is 0 Å². The van der Waals surface area contributed by atoms with E-state index in [1.165, 1.54) is 38.5 Å². The summed E-state index contributed by atoms with van der Waals surface area (Å²) in [6.45, 7) is 4.48. The molecule has 0 saturated carbocycles. The second-order valence-electron chi connectivity index (χ2n) is 11.3. The van der Waals surface area contributed by atoms with E-state index >= 15 is 0 Å². The summed E-state index contributed by atoms with van der Waals surface area (Å²) in [5.74, 6) is -0.821. The Bertz CT molecular complexity index is 600. The highest BCUT2D eigenvalue weighted by Gasteiger charge is 2.38. The fourth-order valence-electron chi connectivity index (χ4n) is 7.04. The van der Waals surface area contributed by atoms with Crippen molar-refractivity contribution < 1.29 is 12.2 Å². The van der Waals surface area contributed by atoms with Gasteiger partial charge in [-0.15, -0.1) is 0 Å². The van der Waals surface area contributed by atoms with E-state index in [1.54, 1.807) is 0 Å². The first-order valence-electron chi connectivity index (χ1n) is 15.3. The Balaban J connectivity index is 1.21. The Hall–Kier alpha value is -0.160. The van der Waals surface area contributed by atoms with Crippen molar-refractivity contribution in [3.8, 4) is 0 Å². The number of rotatable bonds is 0. The smallest absolute Gasteiger partial charge is 0.113 e. The number of fused-ring (bicyclic) bond motifs is 2. The van der Waals surface area contributed by atoms with Gasteiger partial charge in [-0.25, -0.2) is 0 Å². The Morgan fingerprint density at radius 3 is 1.31 bits per heavy atom. The summed E-state index contributed by atoms with van der Waals surface area (Å²) in [5.41, 5.74) is 0. The molecule has 0 spiro atoms. The van der Waals surface area contributed by atoms with Crippen LogP contribution in [0.2, 0.25) is 0 Å². The number of nitrogens with zero attached hydrogens (tertiary/aromatic N) is 2. The third-order valence-corrected chi connectivity index (χ3v) is 8.92. The summed E-state index contributed by atoms with van der Waals surface area (Å²) in [6.07, 6.45) is 21.3. The summed E-state index contributed by atoms with van der Waals surface area (Å²) in [5, 5.41) is 0. The second-order valence-corrected chi connectivity index (χ2v) is 11.3. The van der Waals surface area contributed by atoms with Crippen LogP contribution >= 0.6 is 0 Å². The van der Waals surface area contributed by atoms with Crippen molar-refractivity contribution in [2.24, 2.45) is 11.8 Å². The second kappa shape index (κ2) is 12.0. The van der Waals surface area contributed by atoms with Gasteiger partial charge in [-0.3, -0.25) is 9.80 Å². The van der Waals surface area contributed by atoms with E-state index in [2.05, 4.69) is 9.80 Å². The van der Waals surface area contributed by atoms with E-state index in [0.29, 0.717) is 12.2 Å². The quantitative estimate of drug-likeness (QED) is 0.432. The Kier molecular flexibility index (Phi) is 7.93. The molecule has 0 aromatic heterocycles. The molecule has 5 heterocycles. The van der Waals surface area contributed by atoms with Gasteiger partial charge in [0.1, 0.15) is 12.5 Å². The maximum atomic E-state index is 9.32. The topological polar surface area (TPSA) is 24.9 Å². The standard InChI is InChI=1S/C28H50N2O2/c1-3-7-15-25-17-21-30-20-10-14-24(28(30)31-25)12-6-2-4-8-16-26-18-22-29-19-9-13-23(11-5-1)27(29)32-26/h23-28H,1-22H2/t23-,24-,25+,26+,27-,28-/m1/s1/i23D,24D. The molecule has 5 fully saturated rings. The minimum atomic E-state index is -0.411. The van der Waals surface area contributed by atoms with Crippen molar-refractivity contribution in [2.75, 3.05) is 26.2 Å². The largest absolute Gasteiger partial charge is 0.360 e. The first-order valence-corrected chi connectivity index (χ1v) is 14.3. The molecule has 0 aromatic rings. The van der Waals surface area contributed by atoms with Gasteiger partial charge in [0.15, 0.2) is 0 Å². The van der Waals surface area contributed by atoms with Crippen LogP contribution in [0.4, 0.5) is 0 Å². The van der Waals surface area contributed by atoms with Crippen LogP contribution in [0.25, 0.3) is 0 Å². The zero-order valence-corrected chi connectivity index (χ0v) is 20.6. The van der Waals surface area contributed by atoms with Gasteiger partial charge in [0, 0.05) is 28.9 Å². The third-order valence-electron chi connectivity index (χ3n) is 8.92. The lowest BCUT2D eigenvalue weighted by Crippen LogP contribution is -2.53. The van der Waals surface area contributed by atoms with Crippen LogP contribution in [0.1, 0.15) is 118 Å². The average molecular weight is 449 g/mol. The van der Waals surface area contributed by atoms with Crippen LogP contribution in [0.15, 0.2) is 0 Å². The lowest BCUT2D eigenvalue weighted by Gasteiger charge is -2.47. The maximum absolute atomic E-state index is 9.32. The lowest BCUT2D eigenvalue weighted by molar-refractivity contribution is -0.183. The highest BCUT2D eigenvalue weighted by molar-refractivity contribution is 4.85. The summed E-state index contributed by atoms with van der Waals surface area (Å²) in [6, 6.07) is 0. The van der Waals surface area contributed by atoms with Gasteiger partial charge < -0.3 is 9.47 Å². The Morgan fingerprint density at radius 2 is 0.844 bits per heavy atom. The molecule has 5 rings (SSSR count). The minimum Gasteiger partial charge on any atom is -0.360 e. The van der Waals surface area contributed by atoms with Crippen LogP contribution in [0.5, 0.6) is 0 Å². The molecule has 4 bridgehead atoms. The van der Waals surface area contributed by atoms with E-state index in [1.807, 2.05) is 0 Å². The first kappa shape index (κ1) is 21.1. The maximum Gasteiger partial charge on any atom is 0.113 e. The fraction of sp³-hybridized carbons (Fsp3) is 1.00. The molecule has 0 aliphatic carbocycles. The minimum absolute atomic E-state index is 0.0237. The van der Waals surface area contributed by atoms with Gasteiger partial charge in [0.25, 0.3) is 0 Å². The molecular formula is C28H50N2O2. The summed E-state index contributed by atoms with van der Waals surface area (Å²) in [7, 11) is 0. The number of hydrogen-bond acceptors (Lipinski definition) is 4. The fourth-order valence-corrected chi connectivity index (χ4v) is 7.04. The number of piperidine rings is 2. The van der Waals surface area contributed by atoms with Gasteiger partial charge in [0.05, 0.1) is 12.2 Å². The molecule has 5 aliphatic rings. The van der Waals surface area contributed by atoms with Crippen molar-refractivity contribution in [3.63, 3.8) is 0 Å². The van der Waals surface area contributed by atoms with E-state index in [4.69, 9.17) is 9.47 Å². The van der Waals surface area contributed by atoms with Gasteiger partial charge in [-0.2, -0.15) is 0 Å².